The molecule has 1 aromatic carbocycles. The molecule has 9 heteroatoms. The van der Waals surface area contributed by atoms with Gasteiger partial charge in [0.15, 0.2) is 11.8 Å². The Morgan fingerprint density at radius 2 is 2.09 bits per heavy atom. The van der Waals surface area contributed by atoms with Crippen molar-refractivity contribution in [3.8, 4) is 11.8 Å². The van der Waals surface area contributed by atoms with E-state index in [4.69, 9.17) is 22.7 Å². The Morgan fingerprint density at radius 3 is 2.81 bits per heavy atom. The highest BCUT2D eigenvalue weighted by atomic mass is 35.5. The normalized spacial score (nSPS) is 14.8. The average Bonchev–Trinajstić information content (AvgIpc) is 3.31. The number of amides is 1. The molecular weight excluding hydrogens is 448 g/mol. The van der Waals surface area contributed by atoms with E-state index in [0.717, 1.165) is 5.56 Å². The zero-order valence-corrected chi connectivity index (χ0v) is 18.7. The Hall–Kier alpha value is -3.23. The van der Waals surface area contributed by atoms with Crippen LogP contribution in [-0.2, 0) is 19.4 Å². The fourth-order valence-corrected chi connectivity index (χ4v) is 4.87. The second-order valence-electron chi connectivity index (χ2n) is 7.60. The van der Waals surface area contributed by atoms with E-state index < -0.39 is 6.04 Å². The zero-order chi connectivity index (χ0) is 22.8. The number of carbonyl (C=O) groups excluding carboxylic acids is 1. The fraction of sp³-hybridized carbons (Fsp3) is 0.217. The molecule has 1 amide bonds. The monoisotopic (exact) mass is 470 g/mol. The molecule has 166 valence electrons. The Kier molecular flexibility index (Phi) is 6.25. The van der Waals surface area contributed by atoms with Crippen LogP contribution in [0.5, 0.6) is 11.8 Å². The van der Waals surface area contributed by atoms with Crippen molar-refractivity contribution in [1.82, 2.24) is 9.88 Å². The largest absolute Gasteiger partial charge is 0.494 e. The molecule has 32 heavy (non-hydrogen) atoms. The number of hydrogen-bond donors (Lipinski definition) is 5. The van der Waals surface area contributed by atoms with E-state index in [1.807, 2.05) is 30.4 Å². The highest BCUT2D eigenvalue weighted by molar-refractivity contribution is 7.18. The lowest BCUT2D eigenvalue weighted by Gasteiger charge is -2.19. The molecule has 0 saturated carbocycles. The minimum absolute atomic E-state index is 0.0118. The number of hydrogen-bond acceptors (Lipinski definition) is 5. The number of carbonyl (C=O) groups is 1. The van der Waals surface area contributed by atoms with Gasteiger partial charge in [-0.2, -0.15) is 0 Å². The van der Waals surface area contributed by atoms with Gasteiger partial charge >= 0.3 is 0 Å². The van der Waals surface area contributed by atoms with Crippen molar-refractivity contribution < 1.29 is 15.0 Å². The molecule has 2 heterocycles. The number of aryl methyl sites for hydroxylation is 1. The third-order valence-electron chi connectivity index (χ3n) is 5.48. The van der Waals surface area contributed by atoms with Crippen molar-refractivity contribution in [1.29, 1.82) is 5.41 Å². The Morgan fingerprint density at radius 1 is 1.28 bits per heavy atom. The zero-order valence-electron chi connectivity index (χ0n) is 17.1. The number of benzene rings is 1. The van der Waals surface area contributed by atoms with Crippen molar-refractivity contribution in [2.75, 3.05) is 0 Å². The van der Waals surface area contributed by atoms with Crippen LogP contribution in [0.25, 0.3) is 0 Å². The number of nitrogens with zero attached hydrogens (tertiary/aromatic N) is 1. The fourth-order valence-electron chi connectivity index (χ4n) is 3.93. The summed E-state index contributed by atoms with van der Waals surface area (Å²) in [6, 6.07) is 10.2. The number of nitrogens with one attached hydrogen (secondary N) is 2. The number of allylic oxidation sites excluding steroid dienone is 1. The molecule has 1 atom stereocenters. The van der Waals surface area contributed by atoms with Gasteiger partial charge in [0.05, 0.1) is 15.3 Å². The van der Waals surface area contributed by atoms with Crippen LogP contribution in [-0.4, -0.2) is 26.5 Å². The highest BCUT2D eigenvalue weighted by Gasteiger charge is 2.30. The molecule has 0 fully saturated rings. The van der Waals surface area contributed by atoms with Gasteiger partial charge in [-0.05, 0) is 43.0 Å². The summed E-state index contributed by atoms with van der Waals surface area (Å²) in [6.45, 7) is 0.399. The third-order valence-corrected chi connectivity index (χ3v) is 6.71. The molecule has 0 saturated heterocycles. The molecule has 7 nitrogen and oxygen atoms in total. The van der Waals surface area contributed by atoms with Crippen molar-refractivity contribution in [2.45, 2.75) is 31.8 Å². The van der Waals surface area contributed by atoms with Crippen LogP contribution >= 0.6 is 22.9 Å². The lowest BCUT2D eigenvalue weighted by Crippen LogP contribution is -2.28. The van der Waals surface area contributed by atoms with Crippen LogP contribution in [0.4, 0.5) is 0 Å². The van der Waals surface area contributed by atoms with Crippen molar-refractivity contribution >= 4 is 34.7 Å². The number of fused-ring (bicyclic) bond motifs is 1. The summed E-state index contributed by atoms with van der Waals surface area (Å²) >= 11 is 7.11. The standard InChI is InChI=1S/C23H23ClN4O3S/c24-18-10-9-17(32-18)21(29)27-16-8-2-7-15-19(16)23(31)28(22(15)30)11-3-5-13-4-1-6-14(12-13)20(25)26/h1-2,4,6,8-10,12,16,30-31H,3,5,7,11H2,(H3,25,26)(H,27,29)/t16-/m1/s1. The Labute approximate surface area is 194 Å². The number of aromatic nitrogens is 1. The SMILES string of the molecule is N=C(N)c1cccc(CCCn2c(O)c3c(c2O)[C@H](NC(=O)c2ccc(Cl)s2)C=CC3)c1. The molecule has 0 bridgehead atoms. The lowest BCUT2D eigenvalue weighted by atomic mass is 9.96. The van der Waals surface area contributed by atoms with Gasteiger partial charge in [0.25, 0.3) is 5.91 Å². The first-order chi connectivity index (χ1) is 15.3. The minimum Gasteiger partial charge on any atom is -0.494 e. The van der Waals surface area contributed by atoms with Crippen molar-refractivity contribution in [2.24, 2.45) is 5.73 Å². The number of amidine groups is 1. The number of rotatable bonds is 7. The van der Waals surface area contributed by atoms with E-state index >= 15 is 0 Å². The molecule has 0 radical (unpaired) electrons. The van der Waals surface area contributed by atoms with Gasteiger partial charge in [0.2, 0.25) is 0 Å². The van der Waals surface area contributed by atoms with E-state index in [1.54, 1.807) is 18.2 Å². The average molecular weight is 471 g/mol. The summed E-state index contributed by atoms with van der Waals surface area (Å²) in [5, 5.41) is 32.1. The summed E-state index contributed by atoms with van der Waals surface area (Å²) in [5.74, 6) is -0.307. The van der Waals surface area contributed by atoms with Crippen LogP contribution in [0.2, 0.25) is 4.34 Å². The topological polar surface area (TPSA) is 124 Å². The lowest BCUT2D eigenvalue weighted by molar-refractivity contribution is 0.0947. The van der Waals surface area contributed by atoms with Crippen LogP contribution in [0.15, 0.2) is 48.6 Å². The van der Waals surface area contributed by atoms with Gasteiger partial charge in [-0.15, -0.1) is 11.3 Å². The van der Waals surface area contributed by atoms with Crippen LogP contribution in [0, 0.1) is 5.41 Å². The van der Waals surface area contributed by atoms with Crippen LogP contribution < -0.4 is 11.1 Å². The van der Waals surface area contributed by atoms with E-state index in [1.165, 1.54) is 15.9 Å². The van der Waals surface area contributed by atoms with E-state index in [9.17, 15) is 15.0 Å². The molecule has 1 aliphatic carbocycles. The predicted octanol–water partition coefficient (Wildman–Crippen LogP) is 4.11. The first-order valence-corrected chi connectivity index (χ1v) is 11.3. The molecule has 6 N–H and O–H groups in total. The summed E-state index contributed by atoms with van der Waals surface area (Å²) < 4.78 is 2.00. The summed E-state index contributed by atoms with van der Waals surface area (Å²) in [6.07, 6.45) is 5.51. The Bertz CT molecular complexity index is 1210. The first kappa shape index (κ1) is 22.0. The van der Waals surface area contributed by atoms with Gasteiger partial charge in [0.1, 0.15) is 5.84 Å². The molecule has 0 spiro atoms. The van der Waals surface area contributed by atoms with Crippen LogP contribution in [0.1, 0.15) is 44.4 Å². The summed E-state index contributed by atoms with van der Waals surface area (Å²) in [5.41, 5.74) is 8.37. The number of aromatic hydroxyl groups is 2. The second kappa shape index (κ2) is 9.10. The molecular formula is C23H23ClN4O3S. The van der Waals surface area contributed by atoms with Crippen molar-refractivity contribution in [3.05, 3.63) is 80.0 Å². The maximum atomic E-state index is 12.6. The molecule has 3 aromatic rings. The molecule has 2 aromatic heterocycles. The quantitative estimate of drug-likeness (QED) is 0.202. The van der Waals surface area contributed by atoms with E-state index in [-0.39, 0.29) is 23.5 Å². The minimum atomic E-state index is -0.550. The molecule has 0 aliphatic heterocycles. The van der Waals surface area contributed by atoms with E-state index in [2.05, 4.69) is 5.32 Å². The summed E-state index contributed by atoms with van der Waals surface area (Å²) in [7, 11) is 0. The number of halogens is 1. The molecule has 1 aliphatic rings. The smallest absolute Gasteiger partial charge is 0.262 e. The van der Waals surface area contributed by atoms with Crippen LogP contribution in [0.3, 0.4) is 0 Å². The van der Waals surface area contributed by atoms with Gasteiger partial charge in [-0.3, -0.25) is 14.8 Å². The second-order valence-corrected chi connectivity index (χ2v) is 9.31. The first-order valence-electron chi connectivity index (χ1n) is 10.1. The summed E-state index contributed by atoms with van der Waals surface area (Å²) in [4.78, 5) is 13.1. The number of thiophene rings is 1. The maximum absolute atomic E-state index is 12.6. The van der Waals surface area contributed by atoms with Gasteiger partial charge in [0, 0.05) is 23.2 Å². The Balaban J connectivity index is 1.49. The predicted molar refractivity (Wildman–Crippen MR) is 126 cm³/mol. The van der Waals surface area contributed by atoms with Crippen molar-refractivity contribution in [3.63, 3.8) is 0 Å². The maximum Gasteiger partial charge on any atom is 0.262 e. The number of nitrogens with two attached hydrogens (primary N) is 1. The van der Waals surface area contributed by atoms with Gasteiger partial charge in [-0.1, -0.05) is 42.0 Å². The number of nitrogen functional groups attached to an aromatic ring is 1. The van der Waals surface area contributed by atoms with E-state index in [0.29, 0.717) is 51.7 Å². The third kappa shape index (κ3) is 4.37. The highest BCUT2D eigenvalue weighted by Crippen LogP contribution is 2.41. The van der Waals surface area contributed by atoms with Gasteiger partial charge in [-0.25, -0.2) is 0 Å². The van der Waals surface area contributed by atoms with Gasteiger partial charge < -0.3 is 21.3 Å². The molecule has 0 unspecified atom stereocenters. The molecule has 4 rings (SSSR count).